The molecule has 1 saturated heterocycles. The second kappa shape index (κ2) is 8.83. The van der Waals surface area contributed by atoms with Crippen LogP contribution in [0, 0.1) is 0 Å². The van der Waals surface area contributed by atoms with Crippen molar-refractivity contribution < 1.29 is 9.84 Å². The minimum atomic E-state index is -0.286. The van der Waals surface area contributed by atoms with Crippen molar-refractivity contribution in [3.63, 3.8) is 0 Å². The van der Waals surface area contributed by atoms with E-state index >= 15 is 0 Å². The first-order chi connectivity index (χ1) is 15.2. The number of morpholine rings is 1. The number of halogens is 1. The highest BCUT2D eigenvalue weighted by atomic mass is 35.5. The summed E-state index contributed by atoms with van der Waals surface area (Å²) in [4.78, 5) is 11.1. The van der Waals surface area contributed by atoms with Gasteiger partial charge in [-0.3, -0.25) is 0 Å². The van der Waals surface area contributed by atoms with Gasteiger partial charge in [0.15, 0.2) is 0 Å². The Bertz CT molecular complexity index is 1080. The van der Waals surface area contributed by atoms with Crippen LogP contribution >= 0.6 is 11.6 Å². The molecule has 2 aromatic carbocycles. The molecule has 1 aliphatic heterocycles. The second-order valence-electron chi connectivity index (χ2n) is 8.05. The van der Waals surface area contributed by atoms with E-state index in [-0.39, 0.29) is 12.2 Å². The molecule has 160 valence electrons. The fourth-order valence-corrected chi connectivity index (χ4v) is 4.65. The summed E-state index contributed by atoms with van der Waals surface area (Å²) in [5.41, 5.74) is 4.46. The number of hydrogen-bond donors (Lipinski definition) is 2. The van der Waals surface area contributed by atoms with Crippen LogP contribution in [0.25, 0.3) is 0 Å². The number of anilines is 3. The molecule has 1 unspecified atom stereocenters. The fourth-order valence-electron chi connectivity index (χ4n) is 4.39. The number of aryl methyl sites for hydroxylation is 1. The highest BCUT2D eigenvalue weighted by Crippen LogP contribution is 2.32. The monoisotopic (exact) mass is 436 g/mol. The largest absolute Gasteiger partial charge is 0.393 e. The third-order valence-electron chi connectivity index (χ3n) is 6.02. The summed E-state index contributed by atoms with van der Waals surface area (Å²) in [7, 11) is 0. The summed E-state index contributed by atoms with van der Waals surface area (Å²) in [5.74, 6) is 1.59. The van der Waals surface area contributed by atoms with Gasteiger partial charge in [0.05, 0.1) is 12.7 Å². The normalized spacial score (nSPS) is 20.9. The number of rotatable bonds is 4. The number of ether oxygens (including phenoxy) is 1. The smallest absolute Gasteiger partial charge is 0.135 e. The van der Waals surface area contributed by atoms with E-state index < -0.39 is 0 Å². The van der Waals surface area contributed by atoms with Crippen molar-refractivity contribution in [3.8, 4) is 0 Å². The molecule has 5 rings (SSSR count). The first-order valence-corrected chi connectivity index (χ1v) is 11.0. The molecule has 2 atom stereocenters. The van der Waals surface area contributed by atoms with Gasteiger partial charge >= 0.3 is 0 Å². The molecule has 0 spiro atoms. The Morgan fingerprint density at radius 3 is 2.94 bits per heavy atom. The number of benzene rings is 2. The summed E-state index contributed by atoms with van der Waals surface area (Å²) in [6.07, 6.45) is 3.58. The molecule has 0 saturated carbocycles. The molecule has 7 heteroatoms. The molecule has 0 bridgehead atoms. The molecule has 0 radical (unpaired) electrons. The van der Waals surface area contributed by atoms with E-state index in [1.165, 1.54) is 11.1 Å². The van der Waals surface area contributed by atoms with Crippen molar-refractivity contribution in [3.05, 3.63) is 76.6 Å². The topological polar surface area (TPSA) is 70.5 Å². The van der Waals surface area contributed by atoms with Crippen LogP contribution in [0.15, 0.2) is 54.9 Å². The quantitative estimate of drug-likeness (QED) is 0.635. The number of nitrogens with zero attached hydrogens (tertiary/aromatic N) is 3. The zero-order chi connectivity index (χ0) is 21.2. The minimum Gasteiger partial charge on any atom is -0.393 e. The van der Waals surface area contributed by atoms with Crippen LogP contribution in [0.1, 0.15) is 29.2 Å². The summed E-state index contributed by atoms with van der Waals surface area (Å²) >= 11 is 6.38. The average molecular weight is 437 g/mol. The van der Waals surface area contributed by atoms with Crippen LogP contribution < -0.4 is 10.2 Å². The SMILES string of the molecule is O[C@@H]1CCc2cccc(Nc3cc(N4CCOC(c5ccccc5Cl)C4)ncn3)c2C1. The van der Waals surface area contributed by atoms with Gasteiger partial charge < -0.3 is 20.1 Å². The van der Waals surface area contributed by atoms with Crippen molar-refractivity contribution in [1.82, 2.24) is 9.97 Å². The van der Waals surface area contributed by atoms with Gasteiger partial charge in [0.25, 0.3) is 0 Å². The van der Waals surface area contributed by atoms with E-state index in [4.69, 9.17) is 16.3 Å². The van der Waals surface area contributed by atoms with Crippen molar-refractivity contribution in [2.45, 2.75) is 31.5 Å². The number of hydrogen-bond acceptors (Lipinski definition) is 6. The zero-order valence-electron chi connectivity index (χ0n) is 17.2. The van der Waals surface area contributed by atoms with Crippen LogP contribution in [0.5, 0.6) is 0 Å². The van der Waals surface area contributed by atoms with Crippen LogP contribution in [-0.4, -0.2) is 40.9 Å². The van der Waals surface area contributed by atoms with E-state index in [2.05, 4.69) is 32.3 Å². The molecule has 1 fully saturated rings. The summed E-state index contributed by atoms with van der Waals surface area (Å²) in [5, 5.41) is 14.3. The summed E-state index contributed by atoms with van der Waals surface area (Å²) in [6.45, 7) is 2.03. The molecule has 1 aliphatic carbocycles. The molecule has 2 heterocycles. The van der Waals surface area contributed by atoms with E-state index in [0.717, 1.165) is 47.3 Å². The number of nitrogens with one attached hydrogen (secondary N) is 1. The van der Waals surface area contributed by atoms with Crippen LogP contribution in [0.3, 0.4) is 0 Å². The van der Waals surface area contributed by atoms with E-state index in [1.807, 2.05) is 36.4 Å². The first kappa shape index (κ1) is 20.2. The van der Waals surface area contributed by atoms with Crippen molar-refractivity contribution in [2.24, 2.45) is 0 Å². The lowest BCUT2D eigenvalue weighted by molar-refractivity contribution is 0.0396. The Morgan fingerprint density at radius 2 is 2.03 bits per heavy atom. The lowest BCUT2D eigenvalue weighted by Crippen LogP contribution is -2.39. The number of aliphatic hydroxyl groups is 1. The molecule has 2 aliphatic rings. The zero-order valence-corrected chi connectivity index (χ0v) is 17.9. The second-order valence-corrected chi connectivity index (χ2v) is 8.46. The van der Waals surface area contributed by atoms with Gasteiger partial charge in [0, 0.05) is 41.9 Å². The van der Waals surface area contributed by atoms with Crippen LogP contribution in [-0.2, 0) is 17.6 Å². The highest BCUT2D eigenvalue weighted by Gasteiger charge is 2.25. The number of fused-ring (bicyclic) bond motifs is 1. The fraction of sp³-hybridized carbons (Fsp3) is 0.333. The van der Waals surface area contributed by atoms with E-state index in [0.29, 0.717) is 19.6 Å². The molecular weight excluding hydrogens is 412 g/mol. The van der Waals surface area contributed by atoms with Crippen LogP contribution in [0.2, 0.25) is 5.02 Å². The molecule has 1 aromatic heterocycles. The average Bonchev–Trinajstić information content (AvgIpc) is 2.80. The summed E-state index contributed by atoms with van der Waals surface area (Å²) in [6, 6.07) is 16.0. The number of aromatic nitrogens is 2. The number of aliphatic hydroxyl groups excluding tert-OH is 1. The molecular formula is C24H25ClN4O2. The van der Waals surface area contributed by atoms with Gasteiger partial charge in [0.1, 0.15) is 24.1 Å². The van der Waals surface area contributed by atoms with Crippen molar-refractivity contribution in [1.29, 1.82) is 0 Å². The third kappa shape index (κ3) is 4.37. The van der Waals surface area contributed by atoms with E-state index in [1.54, 1.807) is 6.33 Å². The van der Waals surface area contributed by atoms with Crippen molar-refractivity contribution >= 4 is 28.9 Å². The molecule has 3 aromatic rings. The van der Waals surface area contributed by atoms with Gasteiger partial charge in [-0.25, -0.2) is 9.97 Å². The van der Waals surface area contributed by atoms with Crippen LogP contribution in [0.4, 0.5) is 17.3 Å². The van der Waals surface area contributed by atoms with Crippen molar-refractivity contribution in [2.75, 3.05) is 29.9 Å². The predicted molar refractivity (Wildman–Crippen MR) is 122 cm³/mol. The maximum Gasteiger partial charge on any atom is 0.135 e. The van der Waals surface area contributed by atoms with Gasteiger partial charge in [0.2, 0.25) is 0 Å². The Labute approximate surface area is 186 Å². The Morgan fingerprint density at radius 1 is 1.13 bits per heavy atom. The molecule has 6 nitrogen and oxygen atoms in total. The Hall–Kier alpha value is -2.67. The lowest BCUT2D eigenvalue weighted by atomic mass is 9.88. The van der Waals surface area contributed by atoms with E-state index in [9.17, 15) is 5.11 Å². The highest BCUT2D eigenvalue weighted by molar-refractivity contribution is 6.31. The minimum absolute atomic E-state index is 0.101. The molecule has 0 amide bonds. The predicted octanol–water partition coefficient (Wildman–Crippen LogP) is 4.30. The maximum atomic E-state index is 10.1. The maximum absolute atomic E-state index is 10.1. The molecule has 2 N–H and O–H groups in total. The first-order valence-electron chi connectivity index (χ1n) is 10.7. The third-order valence-corrected chi connectivity index (χ3v) is 6.36. The standard InChI is InChI=1S/C24H25ClN4O2/c25-20-6-2-1-5-18(20)22-14-29(10-11-31-22)24-13-23(26-15-27-24)28-21-7-3-4-16-8-9-17(30)12-19(16)21/h1-7,13,15,17,22,30H,8-12,14H2,(H,26,27,28)/t17-,22?/m1/s1. The van der Waals surface area contributed by atoms with Gasteiger partial charge in [-0.05, 0) is 36.1 Å². The Kier molecular flexibility index (Phi) is 5.76. The van der Waals surface area contributed by atoms with Gasteiger partial charge in [-0.1, -0.05) is 41.9 Å². The summed E-state index contributed by atoms with van der Waals surface area (Å²) < 4.78 is 5.99. The lowest BCUT2D eigenvalue weighted by Gasteiger charge is -2.34. The molecule has 31 heavy (non-hydrogen) atoms. The Balaban J connectivity index is 1.36. The van der Waals surface area contributed by atoms with Gasteiger partial charge in [-0.2, -0.15) is 0 Å². The van der Waals surface area contributed by atoms with Gasteiger partial charge in [-0.15, -0.1) is 0 Å².